The molecule has 0 spiro atoms. The molecule has 5 heteroatoms. The number of amides is 1. The molecule has 1 aliphatic rings. The molecule has 5 nitrogen and oxygen atoms in total. The summed E-state index contributed by atoms with van der Waals surface area (Å²) in [7, 11) is 0. The summed E-state index contributed by atoms with van der Waals surface area (Å²) in [5.74, 6) is -0.485. The van der Waals surface area contributed by atoms with E-state index in [1.807, 2.05) is 13.0 Å². The van der Waals surface area contributed by atoms with E-state index in [4.69, 9.17) is 5.21 Å². The van der Waals surface area contributed by atoms with Crippen LogP contribution in [0, 0.1) is 6.92 Å². The molecule has 1 aliphatic heterocycles. The zero-order valence-electron chi connectivity index (χ0n) is 9.69. The number of carbonyl (C=O) groups excluding carboxylic acids is 1. The lowest BCUT2D eigenvalue weighted by atomic mass is 9.89. The van der Waals surface area contributed by atoms with Crippen molar-refractivity contribution >= 4 is 17.3 Å². The number of nitrogens with one attached hydrogen (secondary N) is 1. The maximum absolute atomic E-state index is 11.8. The zero-order chi connectivity index (χ0) is 12.6. The van der Waals surface area contributed by atoms with Gasteiger partial charge in [0.15, 0.2) is 5.60 Å². The van der Waals surface area contributed by atoms with Crippen molar-refractivity contribution in [1.29, 1.82) is 0 Å². The number of oxime groups is 1. The molecule has 0 aromatic heterocycles. The molecule has 1 atom stereocenters. The fourth-order valence-electron chi connectivity index (χ4n) is 2.04. The molecule has 0 saturated heterocycles. The lowest BCUT2D eigenvalue weighted by Gasteiger charge is -2.20. The van der Waals surface area contributed by atoms with Crippen LogP contribution in [0.3, 0.4) is 0 Å². The van der Waals surface area contributed by atoms with E-state index >= 15 is 0 Å². The van der Waals surface area contributed by atoms with E-state index in [1.54, 1.807) is 19.1 Å². The number of fused-ring (bicyclic) bond motifs is 1. The highest BCUT2D eigenvalue weighted by Crippen LogP contribution is 2.38. The van der Waals surface area contributed by atoms with E-state index in [1.165, 1.54) is 0 Å². The summed E-state index contributed by atoms with van der Waals surface area (Å²) in [5.41, 5.74) is 0.756. The maximum Gasteiger partial charge on any atom is 0.261 e. The highest BCUT2D eigenvalue weighted by Gasteiger charge is 2.45. The van der Waals surface area contributed by atoms with Gasteiger partial charge in [-0.15, -0.1) is 0 Å². The molecule has 0 fully saturated rings. The molecule has 0 bridgehead atoms. The Morgan fingerprint density at radius 1 is 1.53 bits per heavy atom. The number of benzene rings is 1. The number of hydrogen-bond donors (Lipinski definition) is 3. The van der Waals surface area contributed by atoms with Crippen LogP contribution in [-0.2, 0) is 10.4 Å². The molecular formula is C12H14N2O3. The Labute approximate surface area is 98.8 Å². The van der Waals surface area contributed by atoms with E-state index in [9.17, 15) is 9.90 Å². The summed E-state index contributed by atoms with van der Waals surface area (Å²) in [6.45, 7) is 3.44. The van der Waals surface area contributed by atoms with Crippen LogP contribution in [0.2, 0.25) is 0 Å². The van der Waals surface area contributed by atoms with Crippen LogP contribution in [0.25, 0.3) is 0 Å². The molecule has 2 rings (SSSR count). The molecule has 1 aromatic carbocycles. The summed E-state index contributed by atoms with van der Waals surface area (Å²) >= 11 is 0. The first-order chi connectivity index (χ1) is 7.97. The van der Waals surface area contributed by atoms with Crippen molar-refractivity contribution in [2.75, 3.05) is 5.32 Å². The van der Waals surface area contributed by atoms with Crippen LogP contribution >= 0.6 is 0 Å². The predicted octanol–water partition coefficient (Wildman–Crippen LogP) is 1.37. The summed E-state index contributed by atoms with van der Waals surface area (Å²) < 4.78 is 0. The van der Waals surface area contributed by atoms with Gasteiger partial charge in [-0.2, -0.15) is 0 Å². The minimum Gasteiger partial charge on any atom is -0.411 e. The second kappa shape index (κ2) is 3.85. The first kappa shape index (κ1) is 11.6. The first-order valence-electron chi connectivity index (χ1n) is 5.30. The average molecular weight is 234 g/mol. The lowest BCUT2D eigenvalue weighted by molar-refractivity contribution is -0.132. The minimum absolute atomic E-state index is 0.0220. The highest BCUT2D eigenvalue weighted by molar-refractivity contribution is 6.07. The normalized spacial score (nSPS) is 23.5. The molecule has 0 saturated carbocycles. The van der Waals surface area contributed by atoms with Gasteiger partial charge in [-0.1, -0.05) is 22.9 Å². The Bertz CT molecular complexity index is 510. The van der Waals surface area contributed by atoms with E-state index in [0.717, 1.165) is 5.56 Å². The van der Waals surface area contributed by atoms with E-state index in [0.29, 0.717) is 17.0 Å². The third-order valence-electron chi connectivity index (χ3n) is 2.93. The lowest BCUT2D eigenvalue weighted by Crippen LogP contribution is -2.36. The largest absolute Gasteiger partial charge is 0.411 e. The molecular weight excluding hydrogens is 220 g/mol. The molecule has 3 N–H and O–H groups in total. The summed E-state index contributed by atoms with van der Waals surface area (Å²) in [6.07, 6.45) is -0.0220. The van der Waals surface area contributed by atoms with Gasteiger partial charge in [-0.25, -0.2) is 0 Å². The Balaban J connectivity index is 2.49. The van der Waals surface area contributed by atoms with Crippen LogP contribution in [0.5, 0.6) is 0 Å². The second-order valence-electron chi connectivity index (χ2n) is 4.38. The molecule has 90 valence electrons. The molecule has 17 heavy (non-hydrogen) atoms. The number of hydrogen-bond acceptors (Lipinski definition) is 4. The number of anilines is 1. The fourth-order valence-corrected chi connectivity index (χ4v) is 2.04. The van der Waals surface area contributed by atoms with Crippen molar-refractivity contribution in [3.05, 3.63) is 29.3 Å². The number of carbonyl (C=O) groups is 1. The van der Waals surface area contributed by atoms with Gasteiger partial charge in [0, 0.05) is 17.7 Å². The van der Waals surface area contributed by atoms with Gasteiger partial charge < -0.3 is 15.6 Å². The van der Waals surface area contributed by atoms with Crippen LogP contribution in [0.4, 0.5) is 5.69 Å². The Morgan fingerprint density at radius 3 is 2.88 bits per heavy atom. The maximum atomic E-state index is 11.8. The van der Waals surface area contributed by atoms with Crippen LogP contribution < -0.4 is 5.32 Å². The van der Waals surface area contributed by atoms with Crippen molar-refractivity contribution in [2.45, 2.75) is 25.9 Å². The average Bonchev–Trinajstić information content (AvgIpc) is 2.52. The molecule has 1 amide bonds. The quantitative estimate of drug-likeness (QED) is 0.410. The third kappa shape index (κ3) is 1.78. The Hall–Kier alpha value is -1.88. The highest BCUT2D eigenvalue weighted by atomic mass is 16.4. The summed E-state index contributed by atoms with van der Waals surface area (Å²) in [4.78, 5) is 11.8. The molecule has 0 radical (unpaired) electrons. The van der Waals surface area contributed by atoms with Crippen LogP contribution in [-0.4, -0.2) is 21.9 Å². The Morgan fingerprint density at radius 2 is 2.24 bits per heavy atom. The third-order valence-corrected chi connectivity index (χ3v) is 2.93. The monoisotopic (exact) mass is 234 g/mol. The molecule has 0 unspecified atom stereocenters. The second-order valence-corrected chi connectivity index (χ2v) is 4.38. The standard InChI is InChI=1S/C12H14N2O3/c1-7-3-4-10-9(5-7)12(16,11(15)13-10)6-8(2)14-17/h3-5,16-17H,6H2,1-2H3,(H,13,15)/b14-8-/t12-/m0/s1. The van der Waals surface area contributed by atoms with Crippen molar-refractivity contribution in [1.82, 2.24) is 0 Å². The smallest absolute Gasteiger partial charge is 0.261 e. The van der Waals surface area contributed by atoms with Gasteiger partial charge in [-0.3, -0.25) is 4.79 Å². The molecule has 1 heterocycles. The van der Waals surface area contributed by atoms with E-state index in [-0.39, 0.29) is 6.42 Å². The van der Waals surface area contributed by atoms with Gasteiger partial charge >= 0.3 is 0 Å². The molecule has 1 aromatic rings. The number of aliphatic hydroxyl groups is 1. The molecule has 0 aliphatic carbocycles. The number of rotatable bonds is 2. The van der Waals surface area contributed by atoms with E-state index < -0.39 is 11.5 Å². The fraction of sp³-hybridized carbons (Fsp3) is 0.333. The SMILES string of the molecule is C/C(C[C@@]1(O)C(=O)Nc2ccc(C)cc21)=N/O. The first-order valence-corrected chi connectivity index (χ1v) is 5.30. The number of aryl methyl sites for hydroxylation is 1. The Kier molecular flexibility index (Phi) is 2.63. The summed E-state index contributed by atoms with van der Waals surface area (Å²) in [5, 5.41) is 24.7. The van der Waals surface area contributed by atoms with Crippen molar-refractivity contribution < 1.29 is 15.1 Å². The minimum atomic E-state index is -1.64. The number of nitrogens with zero attached hydrogens (tertiary/aromatic N) is 1. The van der Waals surface area contributed by atoms with Gasteiger partial charge in [0.2, 0.25) is 0 Å². The van der Waals surface area contributed by atoms with Gasteiger partial charge in [0.05, 0.1) is 5.71 Å². The van der Waals surface area contributed by atoms with E-state index in [2.05, 4.69) is 10.5 Å². The van der Waals surface area contributed by atoms with Crippen LogP contribution in [0.15, 0.2) is 23.4 Å². The van der Waals surface area contributed by atoms with Crippen LogP contribution in [0.1, 0.15) is 24.5 Å². The van der Waals surface area contributed by atoms with Crippen molar-refractivity contribution in [3.8, 4) is 0 Å². The zero-order valence-corrected chi connectivity index (χ0v) is 9.69. The van der Waals surface area contributed by atoms with Crippen molar-refractivity contribution in [3.63, 3.8) is 0 Å². The van der Waals surface area contributed by atoms with Gasteiger partial charge in [0.1, 0.15) is 0 Å². The predicted molar refractivity (Wildman–Crippen MR) is 63.2 cm³/mol. The summed E-state index contributed by atoms with van der Waals surface area (Å²) in [6, 6.07) is 5.38. The topological polar surface area (TPSA) is 81.9 Å². The van der Waals surface area contributed by atoms with Gasteiger partial charge in [0.25, 0.3) is 5.91 Å². The van der Waals surface area contributed by atoms with Crippen molar-refractivity contribution in [2.24, 2.45) is 5.16 Å². The van der Waals surface area contributed by atoms with Gasteiger partial charge in [-0.05, 0) is 19.9 Å².